The summed E-state index contributed by atoms with van der Waals surface area (Å²) in [6, 6.07) is 12.7. The average Bonchev–Trinajstić information content (AvgIpc) is 3.41. The van der Waals surface area contributed by atoms with Crippen LogP contribution in [-0.2, 0) is 17.8 Å². The molecule has 0 saturated heterocycles. The Balaban J connectivity index is 1.52. The van der Waals surface area contributed by atoms with Crippen LogP contribution in [0.15, 0.2) is 53.1 Å². The number of hydrogen-bond acceptors (Lipinski definition) is 6. The highest BCUT2D eigenvalue weighted by molar-refractivity contribution is 6.06. The lowest BCUT2D eigenvalue weighted by Crippen LogP contribution is -2.54. The van der Waals surface area contributed by atoms with E-state index in [-0.39, 0.29) is 24.0 Å². The fraction of sp³-hybridized carbons (Fsp3) is 0.346. The normalized spacial score (nSPS) is 12.5. The summed E-state index contributed by atoms with van der Waals surface area (Å²) in [4.78, 5) is 30.5. The maximum atomic E-state index is 13.4. The van der Waals surface area contributed by atoms with Crippen molar-refractivity contribution >= 4 is 22.7 Å². The largest absolute Gasteiger partial charge is 0.354 e. The molecule has 0 spiro atoms. The van der Waals surface area contributed by atoms with Crippen molar-refractivity contribution in [2.75, 3.05) is 6.54 Å². The Morgan fingerprint density at radius 3 is 2.50 bits per heavy atom. The molecule has 1 atom stereocenters. The first kappa shape index (κ1) is 25.0. The van der Waals surface area contributed by atoms with E-state index in [4.69, 9.17) is 4.52 Å². The van der Waals surface area contributed by atoms with Crippen LogP contribution in [-0.4, -0.2) is 44.3 Å². The Morgan fingerprint density at radius 1 is 1.11 bits per heavy atom. The lowest BCUT2D eigenvalue weighted by molar-refractivity contribution is -0.125. The molecule has 0 aliphatic carbocycles. The fourth-order valence-corrected chi connectivity index (χ4v) is 3.89. The van der Waals surface area contributed by atoms with Gasteiger partial charge in [-0.2, -0.15) is 10.1 Å². The van der Waals surface area contributed by atoms with E-state index in [1.807, 2.05) is 45.0 Å². The highest BCUT2D eigenvalue weighted by atomic mass is 19.1. The predicted octanol–water partition coefficient (Wildman–Crippen LogP) is 3.42. The summed E-state index contributed by atoms with van der Waals surface area (Å²) >= 11 is 0. The zero-order valence-electron chi connectivity index (χ0n) is 20.7. The predicted molar refractivity (Wildman–Crippen MR) is 132 cm³/mol. The highest BCUT2D eigenvalue weighted by Crippen LogP contribution is 2.23. The van der Waals surface area contributed by atoms with Crippen molar-refractivity contribution in [2.45, 2.75) is 46.7 Å². The Kier molecular flexibility index (Phi) is 7.14. The lowest BCUT2D eigenvalue weighted by atomic mass is 9.86. The van der Waals surface area contributed by atoms with E-state index >= 15 is 0 Å². The highest BCUT2D eigenvalue weighted by Gasteiger charge is 2.34. The monoisotopic (exact) mass is 492 g/mol. The minimum Gasteiger partial charge on any atom is -0.354 e. The van der Waals surface area contributed by atoms with Crippen molar-refractivity contribution in [2.24, 2.45) is 5.41 Å². The van der Waals surface area contributed by atoms with Crippen LogP contribution in [0.4, 0.5) is 4.39 Å². The van der Waals surface area contributed by atoms with Gasteiger partial charge in [-0.15, -0.1) is 0 Å². The van der Waals surface area contributed by atoms with Gasteiger partial charge in [0.05, 0.1) is 12.1 Å². The lowest BCUT2D eigenvalue weighted by Gasteiger charge is -2.30. The average molecular weight is 493 g/mol. The number of hydrogen-bond donors (Lipinski definition) is 2. The molecule has 0 saturated carbocycles. The van der Waals surface area contributed by atoms with E-state index < -0.39 is 17.4 Å². The second-order valence-electron chi connectivity index (χ2n) is 9.70. The van der Waals surface area contributed by atoms with Gasteiger partial charge in [-0.1, -0.05) is 56.3 Å². The minimum atomic E-state index is -0.810. The fourth-order valence-electron chi connectivity index (χ4n) is 3.89. The summed E-state index contributed by atoms with van der Waals surface area (Å²) in [5.41, 5.74) is 1.27. The standard InChI is InChI=1S/C26H29FN6O3/c1-16-29-21(36-32-16)13-14-28-25(35)23(26(2,3)4)30-24(34)22-19-7-5-6-8-20(19)33(31-22)15-17-9-11-18(27)12-10-17/h5-12,23H,13-15H2,1-4H3,(H,28,35)(H,30,34)/t23-/m1/s1. The van der Waals surface area contributed by atoms with Crippen molar-refractivity contribution in [3.8, 4) is 0 Å². The number of carbonyl (C=O) groups excluding carboxylic acids is 2. The quantitative estimate of drug-likeness (QED) is 0.390. The van der Waals surface area contributed by atoms with Gasteiger partial charge < -0.3 is 15.2 Å². The van der Waals surface area contributed by atoms with Crippen LogP contribution < -0.4 is 10.6 Å². The molecule has 2 N–H and O–H groups in total. The van der Waals surface area contributed by atoms with Crippen LogP contribution in [0.3, 0.4) is 0 Å². The van der Waals surface area contributed by atoms with Gasteiger partial charge >= 0.3 is 0 Å². The van der Waals surface area contributed by atoms with Crippen LogP contribution >= 0.6 is 0 Å². The van der Waals surface area contributed by atoms with Crippen LogP contribution in [0.5, 0.6) is 0 Å². The summed E-state index contributed by atoms with van der Waals surface area (Å²) in [7, 11) is 0. The molecule has 4 aromatic rings. The van der Waals surface area contributed by atoms with Crippen molar-refractivity contribution in [1.82, 2.24) is 30.6 Å². The van der Waals surface area contributed by atoms with Gasteiger partial charge in [0.15, 0.2) is 11.5 Å². The number of benzene rings is 2. The van der Waals surface area contributed by atoms with Crippen molar-refractivity contribution in [3.63, 3.8) is 0 Å². The molecule has 0 bridgehead atoms. The van der Waals surface area contributed by atoms with E-state index in [1.165, 1.54) is 12.1 Å². The Hall–Kier alpha value is -4.08. The molecule has 9 nitrogen and oxygen atoms in total. The number of halogens is 1. The Labute approximate surface area is 208 Å². The third-order valence-corrected chi connectivity index (χ3v) is 5.73. The summed E-state index contributed by atoms with van der Waals surface area (Å²) in [5.74, 6) is -0.124. The van der Waals surface area contributed by atoms with Crippen LogP contribution in [0.1, 0.15) is 48.5 Å². The molecule has 0 aliphatic rings. The van der Waals surface area contributed by atoms with Crippen LogP contribution in [0.25, 0.3) is 10.9 Å². The van der Waals surface area contributed by atoms with E-state index in [2.05, 4.69) is 25.9 Å². The van der Waals surface area contributed by atoms with Crippen molar-refractivity contribution in [3.05, 3.63) is 77.3 Å². The van der Waals surface area contributed by atoms with Crippen LogP contribution in [0, 0.1) is 18.2 Å². The molecule has 2 amide bonds. The third kappa shape index (κ3) is 5.76. The topological polar surface area (TPSA) is 115 Å². The zero-order chi connectivity index (χ0) is 25.9. The molecule has 2 aromatic carbocycles. The summed E-state index contributed by atoms with van der Waals surface area (Å²) < 4.78 is 20.1. The second kappa shape index (κ2) is 10.3. The molecule has 4 rings (SSSR count). The number of nitrogens with zero attached hydrogens (tertiary/aromatic N) is 4. The molecular weight excluding hydrogens is 463 g/mol. The first-order valence-electron chi connectivity index (χ1n) is 11.7. The van der Waals surface area contributed by atoms with Gasteiger partial charge in [0.25, 0.3) is 5.91 Å². The van der Waals surface area contributed by atoms with Crippen LogP contribution in [0.2, 0.25) is 0 Å². The summed E-state index contributed by atoms with van der Waals surface area (Å²) in [6.07, 6.45) is 0.385. The van der Waals surface area contributed by atoms with E-state index in [1.54, 1.807) is 23.7 Å². The smallest absolute Gasteiger partial charge is 0.273 e. The minimum absolute atomic E-state index is 0.219. The number of aryl methyl sites for hydroxylation is 1. The number of rotatable bonds is 8. The van der Waals surface area contributed by atoms with Gasteiger partial charge in [-0.3, -0.25) is 14.3 Å². The Bertz CT molecular complexity index is 1370. The number of para-hydroxylation sites is 1. The van der Waals surface area contributed by atoms with Crippen molar-refractivity contribution in [1.29, 1.82) is 0 Å². The van der Waals surface area contributed by atoms with Gasteiger partial charge in [0.1, 0.15) is 11.9 Å². The van der Waals surface area contributed by atoms with E-state index in [0.29, 0.717) is 30.1 Å². The molecule has 10 heteroatoms. The summed E-state index contributed by atoms with van der Waals surface area (Å²) in [5, 5.41) is 14.7. The molecule has 0 aliphatic heterocycles. The third-order valence-electron chi connectivity index (χ3n) is 5.73. The maximum Gasteiger partial charge on any atom is 0.273 e. The van der Waals surface area contributed by atoms with Gasteiger partial charge in [-0.05, 0) is 36.1 Å². The molecule has 36 heavy (non-hydrogen) atoms. The molecule has 0 unspecified atom stereocenters. The number of fused-ring (bicyclic) bond motifs is 1. The summed E-state index contributed by atoms with van der Waals surface area (Å²) in [6.45, 7) is 8.02. The van der Waals surface area contributed by atoms with E-state index in [9.17, 15) is 14.0 Å². The molecule has 188 valence electrons. The second-order valence-corrected chi connectivity index (χ2v) is 9.70. The van der Waals surface area contributed by atoms with Gasteiger partial charge in [0.2, 0.25) is 11.8 Å². The molecule has 2 heterocycles. The first-order valence-corrected chi connectivity index (χ1v) is 11.7. The van der Waals surface area contributed by atoms with Crippen molar-refractivity contribution < 1.29 is 18.5 Å². The number of amides is 2. The number of aromatic nitrogens is 4. The number of carbonyl (C=O) groups is 2. The maximum absolute atomic E-state index is 13.4. The molecular formula is C26H29FN6O3. The van der Waals surface area contributed by atoms with Gasteiger partial charge in [-0.25, -0.2) is 4.39 Å². The molecule has 0 fully saturated rings. The SMILES string of the molecule is Cc1noc(CCNC(=O)[C@@H](NC(=O)c2nn(Cc3ccc(F)cc3)c3ccccc23)C(C)(C)C)n1. The van der Waals surface area contributed by atoms with Gasteiger partial charge in [0, 0.05) is 18.4 Å². The molecule has 2 aromatic heterocycles. The zero-order valence-corrected chi connectivity index (χ0v) is 20.7. The van der Waals surface area contributed by atoms with E-state index in [0.717, 1.165) is 11.1 Å². The number of nitrogens with one attached hydrogen (secondary N) is 2. The molecule has 0 radical (unpaired) electrons. The first-order chi connectivity index (χ1) is 17.1. The Morgan fingerprint density at radius 2 is 1.83 bits per heavy atom.